The average Bonchev–Trinajstić information content (AvgIpc) is 2.88. The fourth-order valence-electron chi connectivity index (χ4n) is 1.24. The highest BCUT2D eigenvalue weighted by atomic mass is 35.5. The summed E-state index contributed by atoms with van der Waals surface area (Å²) in [6, 6.07) is 4.91. The molecule has 19 heavy (non-hydrogen) atoms. The summed E-state index contributed by atoms with van der Waals surface area (Å²) in [7, 11) is 0. The molecule has 2 rings (SSSR count). The lowest BCUT2D eigenvalue weighted by Crippen LogP contribution is -2.09. The summed E-state index contributed by atoms with van der Waals surface area (Å²) in [6.07, 6.45) is 4.46. The van der Waals surface area contributed by atoms with Crippen LogP contribution in [0.4, 0.5) is 0 Å². The molecule has 0 amide bonds. The molecule has 0 unspecified atom stereocenters. The Balaban J connectivity index is 2.08. The quantitative estimate of drug-likeness (QED) is 0.833. The molecular formula is C11H9ClN4O3. The maximum Gasteiger partial charge on any atom is 0.341 e. The fourth-order valence-corrected chi connectivity index (χ4v) is 1.49. The van der Waals surface area contributed by atoms with E-state index in [1.54, 1.807) is 24.4 Å². The third-order valence-electron chi connectivity index (χ3n) is 2.05. The standard InChI is InChI=1S/C11H9ClN4O3/c12-9-3-8(4-15-16-6-13-14-7-16)1-2-10(9)19-5-11(17)18/h1-4,6-7H,5H2,(H,17,18). The summed E-state index contributed by atoms with van der Waals surface area (Å²) in [5.41, 5.74) is 0.737. The van der Waals surface area contributed by atoms with E-state index in [-0.39, 0.29) is 0 Å². The normalized spacial score (nSPS) is 10.8. The zero-order valence-corrected chi connectivity index (χ0v) is 10.4. The predicted molar refractivity (Wildman–Crippen MR) is 67.6 cm³/mol. The van der Waals surface area contributed by atoms with Crippen LogP contribution >= 0.6 is 11.6 Å². The second kappa shape index (κ2) is 5.96. The van der Waals surface area contributed by atoms with Crippen LogP contribution in [-0.2, 0) is 4.79 Å². The molecule has 8 heteroatoms. The molecule has 1 aromatic carbocycles. The molecule has 2 aromatic rings. The van der Waals surface area contributed by atoms with Crippen molar-refractivity contribution in [3.8, 4) is 5.75 Å². The second-order valence-corrected chi connectivity index (χ2v) is 3.87. The SMILES string of the molecule is O=C(O)COc1ccc(C=Nn2cnnc2)cc1Cl. The Morgan fingerprint density at radius 2 is 2.21 bits per heavy atom. The van der Waals surface area contributed by atoms with Gasteiger partial charge < -0.3 is 9.84 Å². The molecule has 0 radical (unpaired) electrons. The number of carboxylic acids is 1. The minimum absolute atomic E-state index is 0.311. The molecule has 1 aromatic heterocycles. The number of benzene rings is 1. The molecule has 1 heterocycles. The molecular weight excluding hydrogens is 272 g/mol. The van der Waals surface area contributed by atoms with Gasteiger partial charge in [0.15, 0.2) is 6.61 Å². The number of nitrogens with zero attached hydrogens (tertiary/aromatic N) is 4. The maximum atomic E-state index is 10.4. The van der Waals surface area contributed by atoms with E-state index in [0.717, 1.165) is 5.56 Å². The molecule has 0 atom stereocenters. The Labute approximate surface area is 113 Å². The van der Waals surface area contributed by atoms with E-state index in [9.17, 15) is 4.79 Å². The molecule has 0 saturated carbocycles. The fraction of sp³-hybridized carbons (Fsp3) is 0.0909. The number of halogens is 1. The van der Waals surface area contributed by atoms with Crippen LogP contribution in [0.1, 0.15) is 5.56 Å². The van der Waals surface area contributed by atoms with Crippen LogP contribution in [-0.4, -0.2) is 38.8 Å². The van der Waals surface area contributed by atoms with E-state index in [0.29, 0.717) is 10.8 Å². The first kappa shape index (κ1) is 13.0. The van der Waals surface area contributed by atoms with Gasteiger partial charge in [0.1, 0.15) is 18.4 Å². The summed E-state index contributed by atoms with van der Waals surface area (Å²) in [6.45, 7) is -0.437. The highest BCUT2D eigenvalue weighted by Crippen LogP contribution is 2.24. The van der Waals surface area contributed by atoms with Gasteiger partial charge in [-0.1, -0.05) is 11.6 Å². The zero-order chi connectivity index (χ0) is 13.7. The first-order valence-corrected chi connectivity index (χ1v) is 5.56. The van der Waals surface area contributed by atoms with Crippen LogP contribution in [0.2, 0.25) is 5.02 Å². The lowest BCUT2D eigenvalue weighted by Gasteiger charge is -2.05. The van der Waals surface area contributed by atoms with Gasteiger partial charge in [0, 0.05) is 0 Å². The third-order valence-corrected chi connectivity index (χ3v) is 2.35. The minimum Gasteiger partial charge on any atom is -0.480 e. The van der Waals surface area contributed by atoms with Crippen LogP contribution in [0.3, 0.4) is 0 Å². The third kappa shape index (κ3) is 3.78. The first-order chi connectivity index (χ1) is 9.15. The molecule has 1 N–H and O–H groups in total. The highest BCUT2D eigenvalue weighted by molar-refractivity contribution is 6.32. The number of hydrogen-bond acceptors (Lipinski definition) is 5. The van der Waals surface area contributed by atoms with Crippen molar-refractivity contribution >= 4 is 23.8 Å². The molecule has 0 bridgehead atoms. The summed E-state index contributed by atoms with van der Waals surface area (Å²) in [4.78, 5) is 10.4. The van der Waals surface area contributed by atoms with E-state index in [1.807, 2.05) is 0 Å². The molecule has 7 nitrogen and oxygen atoms in total. The predicted octanol–water partition coefficient (Wildman–Crippen LogP) is 1.28. The van der Waals surface area contributed by atoms with E-state index in [1.165, 1.54) is 17.3 Å². The van der Waals surface area contributed by atoms with Crippen molar-refractivity contribution < 1.29 is 14.6 Å². The van der Waals surface area contributed by atoms with Crippen LogP contribution in [0.5, 0.6) is 5.75 Å². The van der Waals surface area contributed by atoms with Gasteiger partial charge in [-0.15, -0.1) is 10.2 Å². The Kier molecular flexibility index (Phi) is 4.09. The number of aliphatic carboxylic acids is 1. The summed E-state index contributed by atoms with van der Waals surface area (Å²) in [5.74, 6) is -0.750. The van der Waals surface area contributed by atoms with Crippen LogP contribution < -0.4 is 4.74 Å². The van der Waals surface area contributed by atoms with Gasteiger partial charge in [0.05, 0.1) is 11.2 Å². The van der Waals surface area contributed by atoms with Crippen molar-refractivity contribution in [2.24, 2.45) is 5.10 Å². The van der Waals surface area contributed by atoms with Gasteiger partial charge in [-0.3, -0.25) is 0 Å². The number of rotatable bonds is 5. The van der Waals surface area contributed by atoms with Gasteiger partial charge >= 0.3 is 5.97 Å². The van der Waals surface area contributed by atoms with Crippen LogP contribution in [0.25, 0.3) is 0 Å². The van der Waals surface area contributed by atoms with Crippen LogP contribution in [0, 0.1) is 0 Å². The molecule has 0 saturated heterocycles. The number of carbonyl (C=O) groups is 1. The van der Waals surface area contributed by atoms with Gasteiger partial charge in [0.2, 0.25) is 0 Å². The largest absolute Gasteiger partial charge is 0.480 e. The molecule has 0 spiro atoms. The lowest BCUT2D eigenvalue weighted by atomic mass is 10.2. The van der Waals surface area contributed by atoms with E-state index in [4.69, 9.17) is 21.4 Å². The second-order valence-electron chi connectivity index (χ2n) is 3.46. The van der Waals surface area contributed by atoms with E-state index < -0.39 is 12.6 Å². The van der Waals surface area contributed by atoms with Crippen molar-refractivity contribution in [2.75, 3.05) is 6.61 Å². The molecule has 0 aliphatic carbocycles. The first-order valence-electron chi connectivity index (χ1n) is 5.18. The van der Waals surface area contributed by atoms with Gasteiger partial charge in [-0.2, -0.15) is 5.10 Å². The van der Waals surface area contributed by atoms with Crippen molar-refractivity contribution in [1.82, 2.24) is 14.9 Å². The Morgan fingerprint density at radius 3 is 2.84 bits per heavy atom. The summed E-state index contributed by atoms with van der Waals surface area (Å²) >= 11 is 5.96. The molecule has 98 valence electrons. The Hall–Kier alpha value is -2.41. The Morgan fingerprint density at radius 1 is 1.47 bits per heavy atom. The monoisotopic (exact) mass is 280 g/mol. The number of hydrogen-bond donors (Lipinski definition) is 1. The van der Waals surface area contributed by atoms with Crippen molar-refractivity contribution in [3.63, 3.8) is 0 Å². The average molecular weight is 281 g/mol. The maximum absolute atomic E-state index is 10.4. The molecule has 0 aliphatic heterocycles. The molecule has 0 aliphatic rings. The number of ether oxygens (including phenoxy) is 1. The molecule has 0 fully saturated rings. The number of carboxylic acid groups (broad SMARTS) is 1. The topological polar surface area (TPSA) is 89.6 Å². The highest BCUT2D eigenvalue weighted by Gasteiger charge is 2.04. The van der Waals surface area contributed by atoms with Gasteiger partial charge in [-0.25, -0.2) is 9.47 Å². The van der Waals surface area contributed by atoms with Gasteiger partial charge in [-0.05, 0) is 23.8 Å². The van der Waals surface area contributed by atoms with Crippen molar-refractivity contribution in [3.05, 3.63) is 41.4 Å². The Bertz CT molecular complexity index is 598. The smallest absolute Gasteiger partial charge is 0.341 e. The zero-order valence-electron chi connectivity index (χ0n) is 9.60. The van der Waals surface area contributed by atoms with Crippen molar-refractivity contribution in [1.29, 1.82) is 0 Å². The minimum atomic E-state index is -1.06. The summed E-state index contributed by atoms with van der Waals surface area (Å²) in [5, 5.41) is 20.1. The van der Waals surface area contributed by atoms with Crippen molar-refractivity contribution in [2.45, 2.75) is 0 Å². The number of aromatic nitrogens is 3. The lowest BCUT2D eigenvalue weighted by molar-refractivity contribution is -0.139. The van der Waals surface area contributed by atoms with E-state index >= 15 is 0 Å². The van der Waals surface area contributed by atoms with Gasteiger partial charge in [0.25, 0.3) is 0 Å². The summed E-state index contributed by atoms with van der Waals surface area (Å²) < 4.78 is 6.44. The van der Waals surface area contributed by atoms with E-state index in [2.05, 4.69) is 15.3 Å². The van der Waals surface area contributed by atoms with Crippen LogP contribution in [0.15, 0.2) is 36.0 Å².